The lowest BCUT2D eigenvalue weighted by atomic mass is 10.1. The van der Waals surface area contributed by atoms with E-state index in [-0.39, 0.29) is 16.7 Å². The van der Waals surface area contributed by atoms with Crippen LogP contribution in [0.25, 0.3) is 11.1 Å². The summed E-state index contributed by atoms with van der Waals surface area (Å²) < 4.78 is 3.58. The van der Waals surface area contributed by atoms with Crippen LogP contribution in [0.1, 0.15) is 31.2 Å². The van der Waals surface area contributed by atoms with Gasteiger partial charge in [0.15, 0.2) is 0 Å². The van der Waals surface area contributed by atoms with E-state index in [4.69, 9.17) is 0 Å². The first-order valence-corrected chi connectivity index (χ1v) is 12.5. The standard InChI is InChI=1S/C26H32N4OS/c1-32(25-16-8-7-15-24(25)23-13-5-4-6-14-23)30-19-10-3-2-9-18-28-26(31)29-21-22-12-11-17-27-20-22/h4-8,11-17,20,30H,1-3,9-10,18-19,21H2,(H2,28,29,31). The monoisotopic (exact) mass is 448 g/mol. The second kappa shape index (κ2) is 13.5. The van der Waals surface area contributed by atoms with Crippen LogP contribution in [0.3, 0.4) is 0 Å². The molecule has 3 N–H and O–H groups in total. The van der Waals surface area contributed by atoms with E-state index in [2.05, 4.69) is 74.7 Å². The van der Waals surface area contributed by atoms with Crippen molar-refractivity contribution >= 4 is 22.6 Å². The quantitative estimate of drug-likeness (QED) is 0.258. The maximum Gasteiger partial charge on any atom is 0.315 e. The van der Waals surface area contributed by atoms with Gasteiger partial charge in [-0.05, 0) is 41.7 Å². The fraction of sp³-hybridized carbons (Fsp3) is 0.269. The number of pyridine rings is 1. The molecule has 168 valence electrons. The SMILES string of the molecule is C=S(NCCCCCCNC(=O)NCc1cccnc1)c1ccccc1-c1ccccc1. The number of urea groups is 1. The van der Waals surface area contributed by atoms with Gasteiger partial charge in [0.2, 0.25) is 0 Å². The largest absolute Gasteiger partial charge is 0.338 e. The van der Waals surface area contributed by atoms with Gasteiger partial charge >= 0.3 is 6.03 Å². The summed E-state index contributed by atoms with van der Waals surface area (Å²) in [6.45, 7) is 2.12. The molecule has 0 aliphatic rings. The number of aromatic nitrogens is 1. The predicted octanol–water partition coefficient (Wildman–Crippen LogP) is 5.37. The lowest BCUT2D eigenvalue weighted by Crippen LogP contribution is -2.35. The Bertz CT molecular complexity index is 979. The molecule has 6 heteroatoms. The van der Waals surface area contributed by atoms with Gasteiger partial charge in [-0.25, -0.2) is 4.79 Å². The van der Waals surface area contributed by atoms with Crippen LogP contribution in [-0.2, 0) is 6.54 Å². The van der Waals surface area contributed by atoms with Gasteiger partial charge in [0, 0.05) is 36.9 Å². The molecule has 0 aliphatic carbocycles. The second-order valence-corrected chi connectivity index (χ2v) is 9.04. The van der Waals surface area contributed by atoms with E-state index in [1.54, 1.807) is 12.4 Å². The zero-order chi connectivity index (χ0) is 22.4. The number of carbonyl (C=O) groups excluding carboxylic acids is 1. The molecule has 2 aromatic carbocycles. The van der Waals surface area contributed by atoms with Crippen LogP contribution in [0.2, 0.25) is 0 Å². The van der Waals surface area contributed by atoms with Gasteiger partial charge in [-0.3, -0.25) is 9.71 Å². The van der Waals surface area contributed by atoms with Crippen LogP contribution in [0.15, 0.2) is 84.0 Å². The molecule has 0 saturated heterocycles. The molecule has 1 atom stereocenters. The molecule has 3 rings (SSSR count). The van der Waals surface area contributed by atoms with Crippen LogP contribution in [0.4, 0.5) is 4.79 Å². The number of amides is 2. The Morgan fingerprint density at radius 2 is 1.59 bits per heavy atom. The summed E-state index contributed by atoms with van der Waals surface area (Å²) in [5.41, 5.74) is 3.46. The Hall–Kier alpha value is -2.96. The van der Waals surface area contributed by atoms with Gasteiger partial charge < -0.3 is 10.6 Å². The zero-order valence-electron chi connectivity index (χ0n) is 18.4. The lowest BCUT2D eigenvalue weighted by molar-refractivity contribution is 0.240. The van der Waals surface area contributed by atoms with E-state index < -0.39 is 0 Å². The molecule has 0 fully saturated rings. The van der Waals surface area contributed by atoms with Crippen molar-refractivity contribution < 1.29 is 4.79 Å². The van der Waals surface area contributed by atoms with Gasteiger partial charge in [0.05, 0.1) is 0 Å². The summed E-state index contributed by atoms with van der Waals surface area (Å²) in [6, 6.07) is 22.6. The van der Waals surface area contributed by atoms with Gasteiger partial charge in [0.1, 0.15) is 0 Å². The van der Waals surface area contributed by atoms with Gasteiger partial charge in [-0.1, -0.05) is 84.0 Å². The molecule has 5 nitrogen and oxygen atoms in total. The summed E-state index contributed by atoms with van der Waals surface area (Å²) in [6.07, 6.45) is 7.78. The van der Waals surface area contributed by atoms with E-state index in [0.717, 1.165) is 37.8 Å². The van der Waals surface area contributed by atoms with E-state index >= 15 is 0 Å². The summed E-state index contributed by atoms with van der Waals surface area (Å²) in [4.78, 5) is 17.1. The summed E-state index contributed by atoms with van der Waals surface area (Å²) in [5, 5.41) is 5.76. The van der Waals surface area contributed by atoms with E-state index in [1.807, 2.05) is 18.2 Å². The summed E-state index contributed by atoms with van der Waals surface area (Å²) >= 11 is 0. The third kappa shape index (κ3) is 7.94. The average molecular weight is 449 g/mol. The summed E-state index contributed by atoms with van der Waals surface area (Å²) in [7, 11) is -0.248. The number of carbonyl (C=O) groups is 1. The highest BCUT2D eigenvalue weighted by Gasteiger charge is 2.06. The minimum Gasteiger partial charge on any atom is -0.338 e. The maximum absolute atomic E-state index is 11.8. The summed E-state index contributed by atoms with van der Waals surface area (Å²) in [5.74, 6) is 4.36. The first kappa shape index (κ1) is 23.7. The molecule has 2 amide bonds. The number of nitrogens with one attached hydrogen (secondary N) is 3. The fourth-order valence-corrected chi connectivity index (χ4v) is 4.60. The van der Waals surface area contributed by atoms with E-state index in [0.29, 0.717) is 13.1 Å². The number of rotatable bonds is 12. The number of benzene rings is 2. The highest BCUT2D eigenvalue weighted by atomic mass is 32.2. The highest BCUT2D eigenvalue weighted by Crippen LogP contribution is 2.32. The van der Waals surface area contributed by atoms with Crippen molar-refractivity contribution in [2.75, 3.05) is 13.1 Å². The Kier molecular flexibility index (Phi) is 9.96. The maximum atomic E-state index is 11.8. The van der Waals surface area contributed by atoms with Crippen molar-refractivity contribution in [3.8, 4) is 11.1 Å². The van der Waals surface area contributed by atoms with Gasteiger partial charge in [0.25, 0.3) is 0 Å². The van der Waals surface area contributed by atoms with Crippen molar-refractivity contribution in [2.24, 2.45) is 0 Å². The van der Waals surface area contributed by atoms with Crippen molar-refractivity contribution in [3.05, 3.63) is 84.7 Å². The molecule has 0 saturated carbocycles. The Morgan fingerprint density at radius 3 is 2.38 bits per heavy atom. The molecular formula is C26H32N4OS. The van der Waals surface area contributed by atoms with Crippen molar-refractivity contribution in [3.63, 3.8) is 0 Å². The van der Waals surface area contributed by atoms with Crippen LogP contribution in [0.5, 0.6) is 0 Å². The molecule has 0 spiro atoms. The average Bonchev–Trinajstić information content (AvgIpc) is 2.85. The first-order chi connectivity index (χ1) is 15.7. The Labute approximate surface area is 193 Å². The second-order valence-electron chi connectivity index (χ2n) is 7.53. The van der Waals surface area contributed by atoms with Crippen molar-refractivity contribution in [2.45, 2.75) is 37.1 Å². The van der Waals surface area contributed by atoms with Gasteiger partial charge in [-0.15, -0.1) is 0 Å². The molecular weight excluding hydrogens is 416 g/mol. The third-order valence-corrected chi connectivity index (χ3v) is 6.52. The third-order valence-electron chi connectivity index (χ3n) is 5.08. The van der Waals surface area contributed by atoms with E-state index in [9.17, 15) is 4.79 Å². The highest BCUT2D eigenvalue weighted by molar-refractivity contribution is 8.12. The molecule has 32 heavy (non-hydrogen) atoms. The molecule has 1 aromatic heterocycles. The van der Waals surface area contributed by atoms with Crippen LogP contribution in [0, 0.1) is 0 Å². The van der Waals surface area contributed by atoms with Crippen LogP contribution >= 0.6 is 10.7 Å². The zero-order valence-corrected chi connectivity index (χ0v) is 19.2. The minimum absolute atomic E-state index is 0.131. The molecule has 0 radical (unpaired) electrons. The van der Waals surface area contributed by atoms with Crippen molar-refractivity contribution in [1.29, 1.82) is 0 Å². The smallest absolute Gasteiger partial charge is 0.315 e. The van der Waals surface area contributed by atoms with E-state index in [1.165, 1.54) is 16.0 Å². The number of hydrogen-bond acceptors (Lipinski definition) is 3. The van der Waals surface area contributed by atoms with Crippen LogP contribution in [-0.4, -0.2) is 30.0 Å². The first-order valence-electron chi connectivity index (χ1n) is 11.1. The Morgan fingerprint density at radius 1 is 0.844 bits per heavy atom. The minimum atomic E-state index is -0.248. The van der Waals surface area contributed by atoms with Gasteiger partial charge in [-0.2, -0.15) is 0 Å². The molecule has 3 aromatic rings. The fourth-order valence-electron chi connectivity index (χ4n) is 3.36. The molecule has 0 aliphatic heterocycles. The number of unbranched alkanes of at least 4 members (excludes halogenated alkanes) is 3. The lowest BCUT2D eigenvalue weighted by Gasteiger charge is -2.14. The normalized spacial score (nSPS) is 11.6. The molecule has 1 unspecified atom stereocenters. The van der Waals surface area contributed by atoms with Crippen LogP contribution < -0.4 is 15.4 Å². The Balaban J connectivity index is 1.27. The topological polar surface area (TPSA) is 66.0 Å². The molecule has 0 bridgehead atoms. The molecule has 1 heterocycles. The number of nitrogens with zero attached hydrogens (tertiary/aromatic N) is 1. The van der Waals surface area contributed by atoms with Crippen molar-refractivity contribution in [1.82, 2.24) is 20.3 Å². The predicted molar refractivity (Wildman–Crippen MR) is 136 cm³/mol. The number of hydrogen-bond donors (Lipinski definition) is 3.